The van der Waals surface area contributed by atoms with Crippen molar-refractivity contribution in [3.63, 3.8) is 0 Å². The minimum Gasteiger partial charge on any atom is -0.497 e. The summed E-state index contributed by atoms with van der Waals surface area (Å²) in [5.41, 5.74) is 13.1. The van der Waals surface area contributed by atoms with E-state index in [1.54, 1.807) is 43.5 Å². The summed E-state index contributed by atoms with van der Waals surface area (Å²) in [5.74, 6) is 0.131. The Morgan fingerprint density at radius 1 is 1.20 bits per heavy atom. The van der Waals surface area contributed by atoms with E-state index in [4.69, 9.17) is 27.8 Å². The van der Waals surface area contributed by atoms with Crippen LogP contribution in [0.25, 0.3) is 0 Å². The van der Waals surface area contributed by atoms with Crippen molar-refractivity contribution in [3.05, 3.63) is 47.0 Å². The lowest BCUT2D eigenvalue weighted by molar-refractivity contribution is 0.100. The molecular formula is C14H14ClN3O2. The van der Waals surface area contributed by atoms with Gasteiger partial charge in [0.25, 0.3) is 0 Å². The quantitative estimate of drug-likeness (QED) is 0.756. The van der Waals surface area contributed by atoms with Crippen molar-refractivity contribution in [2.45, 2.75) is 0 Å². The van der Waals surface area contributed by atoms with Gasteiger partial charge in [-0.15, -0.1) is 0 Å². The van der Waals surface area contributed by atoms with Crippen molar-refractivity contribution in [3.8, 4) is 5.75 Å². The fraction of sp³-hybridized carbons (Fsp3) is 0.0714. The van der Waals surface area contributed by atoms with E-state index >= 15 is 0 Å². The number of methoxy groups -OCH3 is 1. The number of nitrogens with two attached hydrogens (primary N) is 2. The molecule has 0 fully saturated rings. The van der Waals surface area contributed by atoms with Gasteiger partial charge in [0, 0.05) is 11.6 Å². The molecule has 104 valence electrons. The van der Waals surface area contributed by atoms with Gasteiger partial charge in [0.15, 0.2) is 0 Å². The van der Waals surface area contributed by atoms with E-state index < -0.39 is 5.91 Å². The van der Waals surface area contributed by atoms with E-state index in [-0.39, 0.29) is 0 Å². The molecule has 0 aromatic heterocycles. The Balaban J connectivity index is 2.38. The number of benzene rings is 2. The first-order valence-corrected chi connectivity index (χ1v) is 6.19. The molecule has 5 nitrogen and oxygen atoms in total. The molecule has 1 amide bonds. The van der Waals surface area contributed by atoms with Crippen LogP contribution in [-0.4, -0.2) is 13.0 Å². The highest BCUT2D eigenvalue weighted by molar-refractivity contribution is 6.33. The van der Waals surface area contributed by atoms with Crippen molar-refractivity contribution in [1.82, 2.24) is 0 Å². The number of hydrogen-bond acceptors (Lipinski definition) is 4. The van der Waals surface area contributed by atoms with Gasteiger partial charge in [0.05, 0.1) is 29.2 Å². The third-order valence-electron chi connectivity index (χ3n) is 2.78. The SMILES string of the molecule is COc1ccc(Cl)c(Nc2cc(C(N)=O)ccc2N)c1. The van der Waals surface area contributed by atoms with Crippen LogP contribution >= 0.6 is 11.6 Å². The fourth-order valence-electron chi connectivity index (χ4n) is 1.69. The van der Waals surface area contributed by atoms with Crippen LogP contribution in [0.3, 0.4) is 0 Å². The van der Waals surface area contributed by atoms with Gasteiger partial charge in [-0.3, -0.25) is 4.79 Å². The highest BCUT2D eigenvalue weighted by Crippen LogP contribution is 2.31. The molecule has 0 spiro atoms. The van der Waals surface area contributed by atoms with E-state index in [0.29, 0.717) is 33.4 Å². The standard InChI is InChI=1S/C14H14ClN3O2/c1-20-9-3-4-10(15)12(7-9)18-13-6-8(14(17)19)2-5-11(13)16/h2-7,18H,16H2,1H3,(H2,17,19). The van der Waals surface area contributed by atoms with Gasteiger partial charge in [-0.05, 0) is 30.3 Å². The molecule has 0 saturated carbocycles. The van der Waals surface area contributed by atoms with Crippen LogP contribution < -0.4 is 21.5 Å². The topological polar surface area (TPSA) is 90.4 Å². The summed E-state index contributed by atoms with van der Waals surface area (Å²) < 4.78 is 5.14. The van der Waals surface area contributed by atoms with Crippen LogP contribution in [0.15, 0.2) is 36.4 Å². The number of ether oxygens (including phenoxy) is 1. The Morgan fingerprint density at radius 3 is 2.60 bits per heavy atom. The van der Waals surface area contributed by atoms with Crippen LogP contribution in [0, 0.1) is 0 Å². The number of primary amides is 1. The third-order valence-corrected chi connectivity index (χ3v) is 3.11. The van der Waals surface area contributed by atoms with Gasteiger partial charge in [-0.1, -0.05) is 11.6 Å². The number of carbonyl (C=O) groups excluding carboxylic acids is 1. The first-order valence-electron chi connectivity index (χ1n) is 5.81. The molecule has 0 heterocycles. The van der Waals surface area contributed by atoms with Crippen molar-refractivity contribution in [2.75, 3.05) is 18.2 Å². The fourth-order valence-corrected chi connectivity index (χ4v) is 1.85. The number of carbonyl (C=O) groups is 1. The Kier molecular flexibility index (Phi) is 4.00. The Morgan fingerprint density at radius 2 is 1.95 bits per heavy atom. The maximum atomic E-state index is 11.2. The van der Waals surface area contributed by atoms with Crippen LogP contribution in [0.2, 0.25) is 5.02 Å². The molecule has 2 aromatic rings. The number of nitrogens with one attached hydrogen (secondary N) is 1. The third kappa shape index (κ3) is 2.95. The lowest BCUT2D eigenvalue weighted by atomic mass is 10.1. The molecule has 5 N–H and O–H groups in total. The summed E-state index contributed by atoms with van der Waals surface area (Å²) in [6.07, 6.45) is 0. The number of halogens is 1. The van der Waals surface area contributed by atoms with Crippen molar-refractivity contribution >= 4 is 34.6 Å². The molecule has 20 heavy (non-hydrogen) atoms. The van der Waals surface area contributed by atoms with Gasteiger partial charge in [0.1, 0.15) is 5.75 Å². The second-order valence-electron chi connectivity index (χ2n) is 4.14. The maximum Gasteiger partial charge on any atom is 0.248 e. The molecule has 2 aromatic carbocycles. The zero-order chi connectivity index (χ0) is 14.7. The normalized spacial score (nSPS) is 10.1. The number of anilines is 3. The first-order chi connectivity index (χ1) is 9.51. The highest BCUT2D eigenvalue weighted by atomic mass is 35.5. The predicted octanol–water partition coefficient (Wildman–Crippen LogP) is 2.77. The molecule has 0 aliphatic carbocycles. The second kappa shape index (κ2) is 5.71. The number of hydrogen-bond donors (Lipinski definition) is 3. The van der Waals surface area contributed by atoms with E-state index in [9.17, 15) is 4.79 Å². The number of amides is 1. The molecule has 6 heteroatoms. The van der Waals surface area contributed by atoms with Gasteiger partial charge in [-0.25, -0.2) is 0 Å². The molecule has 0 unspecified atom stereocenters. The first kappa shape index (κ1) is 14.0. The van der Waals surface area contributed by atoms with Crippen LogP contribution in [-0.2, 0) is 0 Å². The lowest BCUT2D eigenvalue weighted by Crippen LogP contribution is -2.11. The minimum atomic E-state index is -0.523. The smallest absolute Gasteiger partial charge is 0.248 e. The summed E-state index contributed by atoms with van der Waals surface area (Å²) in [5, 5.41) is 3.57. The summed E-state index contributed by atoms with van der Waals surface area (Å²) in [6, 6.07) is 9.94. The summed E-state index contributed by atoms with van der Waals surface area (Å²) >= 11 is 6.11. The van der Waals surface area contributed by atoms with Crippen molar-refractivity contribution in [2.24, 2.45) is 5.73 Å². The Labute approximate surface area is 121 Å². The monoisotopic (exact) mass is 291 g/mol. The summed E-state index contributed by atoms with van der Waals surface area (Å²) in [7, 11) is 1.56. The van der Waals surface area contributed by atoms with Crippen LogP contribution in [0.4, 0.5) is 17.1 Å². The zero-order valence-corrected chi connectivity index (χ0v) is 11.6. The number of nitrogen functional groups attached to an aromatic ring is 1. The van der Waals surface area contributed by atoms with Crippen LogP contribution in [0.1, 0.15) is 10.4 Å². The van der Waals surface area contributed by atoms with Gasteiger partial charge in [0.2, 0.25) is 5.91 Å². The minimum absolute atomic E-state index is 0.362. The summed E-state index contributed by atoms with van der Waals surface area (Å²) in [6.45, 7) is 0. The molecule has 0 aliphatic heterocycles. The number of rotatable bonds is 4. The second-order valence-corrected chi connectivity index (χ2v) is 4.54. The molecule has 0 radical (unpaired) electrons. The molecule has 0 atom stereocenters. The average molecular weight is 292 g/mol. The zero-order valence-electron chi connectivity index (χ0n) is 10.8. The van der Waals surface area contributed by atoms with Crippen LogP contribution in [0.5, 0.6) is 5.75 Å². The van der Waals surface area contributed by atoms with E-state index in [1.807, 2.05) is 0 Å². The van der Waals surface area contributed by atoms with Gasteiger partial charge in [-0.2, -0.15) is 0 Å². The maximum absolute atomic E-state index is 11.2. The molecular weight excluding hydrogens is 278 g/mol. The largest absolute Gasteiger partial charge is 0.497 e. The lowest BCUT2D eigenvalue weighted by Gasteiger charge is -2.13. The van der Waals surface area contributed by atoms with E-state index in [0.717, 1.165) is 0 Å². The van der Waals surface area contributed by atoms with E-state index in [1.165, 1.54) is 0 Å². The molecule has 2 rings (SSSR count). The van der Waals surface area contributed by atoms with Gasteiger partial charge >= 0.3 is 0 Å². The van der Waals surface area contributed by atoms with E-state index in [2.05, 4.69) is 5.32 Å². The Hall–Kier alpha value is -2.40. The highest BCUT2D eigenvalue weighted by Gasteiger charge is 2.08. The van der Waals surface area contributed by atoms with Gasteiger partial charge < -0.3 is 21.5 Å². The molecule has 0 saturated heterocycles. The summed E-state index contributed by atoms with van der Waals surface area (Å²) in [4.78, 5) is 11.2. The molecule has 0 bridgehead atoms. The predicted molar refractivity (Wildman–Crippen MR) is 80.7 cm³/mol. The molecule has 0 aliphatic rings. The Bertz CT molecular complexity index is 659. The van der Waals surface area contributed by atoms with Crippen molar-refractivity contribution < 1.29 is 9.53 Å². The van der Waals surface area contributed by atoms with Crippen molar-refractivity contribution in [1.29, 1.82) is 0 Å². The average Bonchev–Trinajstić information content (AvgIpc) is 2.43.